The molecule has 0 radical (unpaired) electrons. The Morgan fingerprint density at radius 3 is 2.32 bits per heavy atom. The zero-order chi connectivity index (χ0) is 17.2. The highest BCUT2D eigenvalue weighted by Crippen LogP contribution is 2.42. The van der Waals surface area contributed by atoms with Gasteiger partial charge in [-0.1, -0.05) is 24.3 Å². The average Bonchev–Trinajstić information content (AvgIpc) is 3.23. The van der Waals surface area contributed by atoms with Crippen LogP contribution in [0, 0.1) is 5.92 Å². The van der Waals surface area contributed by atoms with Gasteiger partial charge in [-0.3, -0.25) is 4.90 Å². The molecule has 2 aliphatic heterocycles. The fraction of sp³-hybridized carbons (Fsp3) is 0.727. The van der Waals surface area contributed by atoms with E-state index in [0.29, 0.717) is 0 Å². The molecule has 138 valence electrons. The lowest BCUT2D eigenvalue weighted by molar-refractivity contribution is 0.171. The van der Waals surface area contributed by atoms with Gasteiger partial charge in [-0.05, 0) is 88.8 Å². The molecular weight excluding hydrogens is 306 g/mol. The lowest BCUT2D eigenvalue weighted by Gasteiger charge is -2.38. The summed E-state index contributed by atoms with van der Waals surface area (Å²) in [5.41, 5.74) is 3.07. The number of hydrogen-bond donors (Lipinski definition) is 0. The van der Waals surface area contributed by atoms with Gasteiger partial charge in [0.2, 0.25) is 0 Å². The lowest BCUT2D eigenvalue weighted by atomic mass is 9.71. The second-order valence-corrected chi connectivity index (χ2v) is 8.92. The van der Waals surface area contributed by atoms with E-state index in [-0.39, 0.29) is 0 Å². The van der Waals surface area contributed by atoms with Gasteiger partial charge in [0.15, 0.2) is 0 Å². The largest absolute Gasteiger partial charge is 0.305 e. The van der Waals surface area contributed by atoms with E-state index in [1.807, 2.05) is 0 Å². The zero-order valence-corrected chi connectivity index (χ0v) is 16.2. The Morgan fingerprint density at radius 1 is 0.960 bits per heavy atom. The minimum Gasteiger partial charge on any atom is -0.305 e. The first-order valence-corrected chi connectivity index (χ1v) is 10.4. The Kier molecular flexibility index (Phi) is 5.44. The van der Waals surface area contributed by atoms with Gasteiger partial charge in [0.05, 0.1) is 0 Å². The predicted molar refractivity (Wildman–Crippen MR) is 105 cm³/mol. The first-order chi connectivity index (χ1) is 12.2. The molecule has 25 heavy (non-hydrogen) atoms. The van der Waals surface area contributed by atoms with Crippen molar-refractivity contribution in [1.82, 2.24) is 14.7 Å². The van der Waals surface area contributed by atoms with Crippen LogP contribution in [0.15, 0.2) is 24.3 Å². The Balaban J connectivity index is 1.21. The molecule has 0 amide bonds. The van der Waals surface area contributed by atoms with Gasteiger partial charge < -0.3 is 9.80 Å². The third kappa shape index (κ3) is 4.27. The summed E-state index contributed by atoms with van der Waals surface area (Å²) < 4.78 is 0. The van der Waals surface area contributed by atoms with Gasteiger partial charge in [-0.25, -0.2) is 0 Å². The van der Waals surface area contributed by atoms with Crippen LogP contribution in [0.5, 0.6) is 0 Å². The van der Waals surface area contributed by atoms with Crippen molar-refractivity contribution in [2.75, 3.05) is 46.8 Å². The molecule has 1 saturated carbocycles. The summed E-state index contributed by atoms with van der Waals surface area (Å²) in [4.78, 5) is 7.68. The molecule has 3 fully saturated rings. The number of benzene rings is 1. The fourth-order valence-corrected chi connectivity index (χ4v) is 5.02. The SMILES string of the molecule is CN(C)[C@@H]1CCN(CC2CC(c3ccc(CN4CCCC4)cc3)C2)C1. The number of likely N-dealkylation sites (tertiary alicyclic amines) is 2. The molecule has 0 bridgehead atoms. The topological polar surface area (TPSA) is 9.72 Å². The number of hydrogen-bond acceptors (Lipinski definition) is 3. The van der Waals surface area contributed by atoms with Gasteiger partial charge in [-0.15, -0.1) is 0 Å². The highest BCUT2D eigenvalue weighted by Gasteiger charge is 2.33. The first-order valence-electron chi connectivity index (χ1n) is 10.4. The third-order valence-electron chi connectivity index (χ3n) is 6.79. The van der Waals surface area contributed by atoms with Gasteiger partial charge in [0, 0.05) is 25.7 Å². The van der Waals surface area contributed by atoms with Crippen molar-refractivity contribution in [3.63, 3.8) is 0 Å². The standard InChI is InChI=1S/C22H35N3/c1-23(2)22-9-12-25(17-22)16-19-13-21(14-19)20-7-5-18(6-8-20)15-24-10-3-4-11-24/h5-8,19,21-22H,3-4,9-17H2,1-2H3/t19?,21?,22-/m1/s1. The number of likely N-dealkylation sites (N-methyl/N-ethyl adjacent to an activating group) is 1. The van der Waals surface area contributed by atoms with Crippen LogP contribution in [-0.2, 0) is 6.54 Å². The second kappa shape index (κ2) is 7.77. The van der Waals surface area contributed by atoms with Crippen molar-refractivity contribution in [3.05, 3.63) is 35.4 Å². The Bertz CT molecular complexity index is 541. The van der Waals surface area contributed by atoms with E-state index >= 15 is 0 Å². The summed E-state index contributed by atoms with van der Waals surface area (Å²) in [6, 6.07) is 10.3. The van der Waals surface area contributed by atoms with Crippen molar-refractivity contribution in [1.29, 1.82) is 0 Å². The van der Waals surface area contributed by atoms with Crippen LogP contribution >= 0.6 is 0 Å². The van der Waals surface area contributed by atoms with Crippen LogP contribution < -0.4 is 0 Å². The molecule has 3 nitrogen and oxygen atoms in total. The fourth-order valence-electron chi connectivity index (χ4n) is 5.02. The summed E-state index contributed by atoms with van der Waals surface area (Å²) in [5.74, 6) is 1.74. The summed E-state index contributed by atoms with van der Waals surface area (Å²) in [6.45, 7) is 7.63. The van der Waals surface area contributed by atoms with Crippen LogP contribution in [-0.4, -0.2) is 67.6 Å². The normalized spacial score (nSPS) is 30.9. The van der Waals surface area contributed by atoms with Crippen molar-refractivity contribution >= 4 is 0 Å². The van der Waals surface area contributed by atoms with Crippen molar-refractivity contribution < 1.29 is 0 Å². The monoisotopic (exact) mass is 341 g/mol. The Labute approximate surface area is 154 Å². The van der Waals surface area contributed by atoms with Crippen LogP contribution in [0.4, 0.5) is 0 Å². The molecule has 1 atom stereocenters. The molecule has 0 aromatic heterocycles. The van der Waals surface area contributed by atoms with Crippen LogP contribution in [0.25, 0.3) is 0 Å². The van der Waals surface area contributed by atoms with Crippen molar-refractivity contribution in [2.24, 2.45) is 5.92 Å². The maximum Gasteiger partial charge on any atom is 0.0233 e. The van der Waals surface area contributed by atoms with Crippen LogP contribution in [0.3, 0.4) is 0 Å². The molecule has 0 unspecified atom stereocenters. The number of nitrogens with zero attached hydrogens (tertiary/aromatic N) is 3. The van der Waals surface area contributed by atoms with E-state index in [1.165, 1.54) is 70.4 Å². The average molecular weight is 342 g/mol. The van der Waals surface area contributed by atoms with E-state index in [0.717, 1.165) is 24.4 Å². The molecule has 2 saturated heterocycles. The van der Waals surface area contributed by atoms with E-state index < -0.39 is 0 Å². The molecule has 2 heterocycles. The predicted octanol–water partition coefficient (Wildman–Crippen LogP) is 3.41. The molecule has 1 aromatic carbocycles. The van der Waals surface area contributed by atoms with E-state index in [9.17, 15) is 0 Å². The van der Waals surface area contributed by atoms with E-state index in [2.05, 4.69) is 53.1 Å². The van der Waals surface area contributed by atoms with Gasteiger partial charge in [0.1, 0.15) is 0 Å². The maximum absolute atomic E-state index is 2.70. The molecule has 0 spiro atoms. The summed E-state index contributed by atoms with van der Waals surface area (Å²) in [7, 11) is 4.45. The highest BCUT2D eigenvalue weighted by atomic mass is 15.2. The summed E-state index contributed by atoms with van der Waals surface area (Å²) >= 11 is 0. The van der Waals surface area contributed by atoms with Gasteiger partial charge in [0.25, 0.3) is 0 Å². The van der Waals surface area contributed by atoms with Crippen molar-refractivity contribution in [3.8, 4) is 0 Å². The maximum atomic E-state index is 2.70. The van der Waals surface area contributed by atoms with E-state index in [4.69, 9.17) is 0 Å². The molecule has 4 rings (SSSR count). The molecule has 1 aromatic rings. The molecule has 1 aliphatic carbocycles. The zero-order valence-electron chi connectivity index (χ0n) is 16.2. The van der Waals surface area contributed by atoms with Crippen LogP contribution in [0.2, 0.25) is 0 Å². The van der Waals surface area contributed by atoms with Gasteiger partial charge in [-0.2, -0.15) is 0 Å². The highest BCUT2D eigenvalue weighted by molar-refractivity contribution is 5.27. The van der Waals surface area contributed by atoms with Crippen LogP contribution in [0.1, 0.15) is 49.1 Å². The van der Waals surface area contributed by atoms with Gasteiger partial charge >= 0.3 is 0 Å². The minimum absolute atomic E-state index is 0.777. The number of rotatable bonds is 6. The summed E-state index contributed by atoms with van der Waals surface area (Å²) in [5, 5.41) is 0. The third-order valence-corrected chi connectivity index (χ3v) is 6.79. The quantitative estimate of drug-likeness (QED) is 0.785. The molecule has 0 N–H and O–H groups in total. The Morgan fingerprint density at radius 2 is 1.68 bits per heavy atom. The van der Waals surface area contributed by atoms with Crippen molar-refractivity contribution in [2.45, 2.75) is 50.6 Å². The second-order valence-electron chi connectivity index (χ2n) is 8.92. The summed E-state index contributed by atoms with van der Waals surface area (Å²) in [6.07, 6.45) is 6.91. The molecule has 3 heteroatoms. The molecular formula is C22H35N3. The molecule has 3 aliphatic rings. The first kappa shape index (κ1) is 17.5. The minimum atomic E-state index is 0.777. The van der Waals surface area contributed by atoms with E-state index in [1.54, 1.807) is 5.56 Å². The Hall–Kier alpha value is -0.900. The smallest absolute Gasteiger partial charge is 0.0233 e. The lowest BCUT2D eigenvalue weighted by Crippen LogP contribution is -2.37.